The minimum Gasteiger partial charge on any atom is -0.455 e. The zero-order valence-electron chi connectivity index (χ0n) is 28.4. The average Bonchev–Trinajstić information content (AvgIpc) is 3.60. The SMILES string of the molecule is c1cc(-c2ccccc2N(c2ccc(-c3cccc4c3oc3ccccc34)cc2)c2cccc3ccccc23)cc(-c2cccc3ccccc23)c1. The molecule has 52 heavy (non-hydrogen) atoms. The quantitative estimate of drug-likeness (QED) is 0.176. The molecule has 0 radical (unpaired) electrons. The third kappa shape index (κ3) is 5.04. The molecule has 0 fully saturated rings. The molecule has 0 saturated carbocycles. The number of benzene rings is 9. The van der Waals surface area contributed by atoms with Gasteiger partial charge in [-0.3, -0.25) is 0 Å². The summed E-state index contributed by atoms with van der Waals surface area (Å²) in [5.41, 5.74) is 12.1. The van der Waals surface area contributed by atoms with E-state index in [0.29, 0.717) is 0 Å². The molecule has 0 unspecified atom stereocenters. The second-order valence-corrected chi connectivity index (χ2v) is 13.3. The molecular weight excluding hydrogens is 631 g/mol. The summed E-state index contributed by atoms with van der Waals surface area (Å²) in [6.45, 7) is 0. The van der Waals surface area contributed by atoms with Gasteiger partial charge in [-0.05, 0) is 74.8 Å². The van der Waals surface area contributed by atoms with Crippen LogP contribution >= 0.6 is 0 Å². The highest BCUT2D eigenvalue weighted by atomic mass is 16.3. The van der Waals surface area contributed by atoms with Crippen LogP contribution in [0.4, 0.5) is 17.1 Å². The van der Waals surface area contributed by atoms with Gasteiger partial charge in [-0.2, -0.15) is 0 Å². The van der Waals surface area contributed by atoms with Crippen LogP contribution in [0.1, 0.15) is 0 Å². The summed E-state index contributed by atoms with van der Waals surface area (Å²) >= 11 is 0. The number of para-hydroxylation sites is 3. The lowest BCUT2D eigenvalue weighted by Gasteiger charge is -2.29. The summed E-state index contributed by atoms with van der Waals surface area (Å²) in [6, 6.07) is 71.7. The van der Waals surface area contributed by atoms with Crippen LogP contribution in [0.5, 0.6) is 0 Å². The predicted octanol–water partition coefficient (Wildman–Crippen LogP) is 14.4. The predicted molar refractivity (Wildman–Crippen MR) is 220 cm³/mol. The van der Waals surface area contributed by atoms with E-state index in [-0.39, 0.29) is 0 Å². The standard InChI is InChI=1S/C50H33NO/c1-3-19-40-34(13-1)15-10-23-41(40)37-17-9-18-38(33-37)43-21-5-7-26-47(43)51(48-27-11-16-35-14-2-4-20-42(35)48)39-31-29-36(30-32-39)44-24-12-25-46-45-22-6-8-28-49(45)52-50(44)46/h1-33H. The van der Waals surface area contributed by atoms with Crippen LogP contribution in [0.3, 0.4) is 0 Å². The van der Waals surface area contributed by atoms with Crippen molar-refractivity contribution >= 4 is 60.5 Å². The molecule has 0 aliphatic carbocycles. The summed E-state index contributed by atoms with van der Waals surface area (Å²) in [4.78, 5) is 2.41. The van der Waals surface area contributed by atoms with Crippen LogP contribution in [-0.4, -0.2) is 0 Å². The monoisotopic (exact) mass is 663 g/mol. The van der Waals surface area contributed by atoms with Crippen LogP contribution in [0.25, 0.3) is 76.9 Å². The molecule has 0 spiro atoms. The number of fused-ring (bicyclic) bond motifs is 5. The Hall–Kier alpha value is -6.90. The number of furan rings is 1. The van der Waals surface area contributed by atoms with Crippen LogP contribution in [-0.2, 0) is 0 Å². The number of anilines is 3. The molecule has 2 nitrogen and oxygen atoms in total. The zero-order valence-corrected chi connectivity index (χ0v) is 28.4. The molecular formula is C50H33NO. The Morgan fingerprint density at radius 3 is 1.71 bits per heavy atom. The highest BCUT2D eigenvalue weighted by Gasteiger charge is 2.20. The molecule has 2 heteroatoms. The van der Waals surface area contributed by atoms with E-state index in [1.54, 1.807) is 0 Å². The van der Waals surface area contributed by atoms with Gasteiger partial charge >= 0.3 is 0 Å². The fourth-order valence-corrected chi connectivity index (χ4v) is 7.82. The highest BCUT2D eigenvalue weighted by molar-refractivity contribution is 6.10. The first-order chi connectivity index (χ1) is 25.8. The molecule has 0 bridgehead atoms. The van der Waals surface area contributed by atoms with Crippen molar-refractivity contribution in [2.24, 2.45) is 0 Å². The zero-order chi connectivity index (χ0) is 34.4. The van der Waals surface area contributed by atoms with Gasteiger partial charge < -0.3 is 9.32 Å². The van der Waals surface area contributed by atoms with Crippen LogP contribution in [0, 0.1) is 0 Å². The molecule has 0 aliphatic heterocycles. The van der Waals surface area contributed by atoms with Gasteiger partial charge in [0, 0.05) is 33.0 Å². The second kappa shape index (κ2) is 12.5. The lowest BCUT2D eigenvalue weighted by molar-refractivity contribution is 0.670. The maximum atomic E-state index is 6.42. The van der Waals surface area contributed by atoms with E-state index in [4.69, 9.17) is 4.42 Å². The summed E-state index contributed by atoms with van der Waals surface area (Å²) < 4.78 is 6.42. The topological polar surface area (TPSA) is 16.4 Å². The molecule has 244 valence electrons. The Morgan fingerprint density at radius 2 is 0.865 bits per heavy atom. The maximum Gasteiger partial charge on any atom is 0.143 e. The molecule has 0 aliphatic rings. The normalized spacial score (nSPS) is 11.5. The number of hydrogen-bond donors (Lipinski definition) is 0. The number of nitrogens with zero attached hydrogens (tertiary/aromatic N) is 1. The van der Waals surface area contributed by atoms with Crippen molar-refractivity contribution in [3.8, 4) is 33.4 Å². The Labute approximate surface area is 302 Å². The van der Waals surface area contributed by atoms with Gasteiger partial charge in [-0.25, -0.2) is 0 Å². The van der Waals surface area contributed by atoms with Crippen molar-refractivity contribution in [3.63, 3.8) is 0 Å². The van der Waals surface area contributed by atoms with E-state index in [9.17, 15) is 0 Å². The van der Waals surface area contributed by atoms with Crippen molar-refractivity contribution in [3.05, 3.63) is 200 Å². The van der Waals surface area contributed by atoms with Crippen LogP contribution < -0.4 is 4.90 Å². The lowest BCUT2D eigenvalue weighted by Crippen LogP contribution is -2.11. The first kappa shape index (κ1) is 30.0. The third-order valence-corrected chi connectivity index (χ3v) is 10.3. The molecule has 1 heterocycles. The summed E-state index contributed by atoms with van der Waals surface area (Å²) in [7, 11) is 0. The molecule has 0 N–H and O–H groups in total. The summed E-state index contributed by atoms with van der Waals surface area (Å²) in [6.07, 6.45) is 0. The van der Waals surface area contributed by atoms with Crippen molar-refractivity contribution < 1.29 is 4.42 Å². The van der Waals surface area contributed by atoms with Gasteiger partial charge in [-0.1, -0.05) is 164 Å². The smallest absolute Gasteiger partial charge is 0.143 e. The fraction of sp³-hybridized carbons (Fsp3) is 0. The average molecular weight is 664 g/mol. The Morgan fingerprint density at radius 1 is 0.327 bits per heavy atom. The van der Waals surface area contributed by atoms with Crippen molar-refractivity contribution in [2.45, 2.75) is 0 Å². The third-order valence-electron chi connectivity index (χ3n) is 10.3. The van der Waals surface area contributed by atoms with Crippen LogP contribution in [0.15, 0.2) is 205 Å². The van der Waals surface area contributed by atoms with Crippen molar-refractivity contribution in [1.29, 1.82) is 0 Å². The van der Waals surface area contributed by atoms with E-state index < -0.39 is 0 Å². The number of rotatable bonds is 6. The molecule has 10 rings (SSSR count). The van der Waals surface area contributed by atoms with Crippen molar-refractivity contribution in [2.75, 3.05) is 4.90 Å². The summed E-state index contributed by atoms with van der Waals surface area (Å²) in [5, 5.41) is 7.17. The van der Waals surface area contributed by atoms with Gasteiger partial charge in [0.15, 0.2) is 0 Å². The second-order valence-electron chi connectivity index (χ2n) is 13.3. The van der Waals surface area contributed by atoms with Gasteiger partial charge in [0.05, 0.1) is 11.4 Å². The molecule has 0 saturated heterocycles. The Kier molecular flexibility index (Phi) is 7.18. The van der Waals surface area contributed by atoms with Crippen LogP contribution in [0.2, 0.25) is 0 Å². The number of hydrogen-bond acceptors (Lipinski definition) is 2. The molecule has 0 atom stereocenters. The van der Waals surface area contributed by atoms with Gasteiger partial charge in [-0.15, -0.1) is 0 Å². The van der Waals surface area contributed by atoms with E-state index in [0.717, 1.165) is 55.7 Å². The molecule has 10 aromatic rings. The maximum absolute atomic E-state index is 6.42. The summed E-state index contributed by atoms with van der Waals surface area (Å²) in [5.74, 6) is 0. The molecule has 9 aromatic carbocycles. The minimum absolute atomic E-state index is 0.907. The van der Waals surface area contributed by atoms with Gasteiger partial charge in [0.2, 0.25) is 0 Å². The van der Waals surface area contributed by atoms with E-state index in [1.165, 1.54) is 38.2 Å². The minimum atomic E-state index is 0.907. The molecule has 0 amide bonds. The van der Waals surface area contributed by atoms with E-state index >= 15 is 0 Å². The van der Waals surface area contributed by atoms with Crippen molar-refractivity contribution in [1.82, 2.24) is 0 Å². The van der Waals surface area contributed by atoms with E-state index in [2.05, 4.69) is 193 Å². The first-order valence-corrected chi connectivity index (χ1v) is 17.8. The highest BCUT2D eigenvalue weighted by Crippen LogP contribution is 2.45. The Bertz CT molecular complexity index is 2910. The first-order valence-electron chi connectivity index (χ1n) is 17.8. The largest absolute Gasteiger partial charge is 0.455 e. The lowest BCUT2D eigenvalue weighted by atomic mass is 9.94. The molecule has 1 aromatic heterocycles. The fourth-order valence-electron chi connectivity index (χ4n) is 7.82. The van der Waals surface area contributed by atoms with E-state index in [1.807, 2.05) is 12.1 Å². The van der Waals surface area contributed by atoms with Gasteiger partial charge in [0.1, 0.15) is 11.2 Å². The Balaban J connectivity index is 1.14. The van der Waals surface area contributed by atoms with Gasteiger partial charge in [0.25, 0.3) is 0 Å².